The van der Waals surface area contributed by atoms with E-state index in [1.165, 1.54) is 9.13 Å². The summed E-state index contributed by atoms with van der Waals surface area (Å²) >= 11 is 2.30. The lowest BCUT2D eigenvalue weighted by Gasteiger charge is -2.04. The lowest BCUT2D eigenvalue weighted by molar-refractivity contribution is 0.331. The Kier molecular flexibility index (Phi) is 2.00. The second-order valence-corrected chi connectivity index (χ2v) is 4.30. The lowest BCUT2D eigenvalue weighted by atomic mass is 10.1. The van der Waals surface area contributed by atoms with E-state index in [2.05, 4.69) is 41.6 Å². The fraction of sp³-hybridized carbons (Fsp3) is 0.333. The first kappa shape index (κ1) is 8.31. The van der Waals surface area contributed by atoms with Crippen molar-refractivity contribution in [2.24, 2.45) is 5.73 Å². The Hall–Kier alpha value is -0.290. The SMILES string of the molecule is Cc1cc(I)cc2c1OC[C@@H]2N. The maximum Gasteiger partial charge on any atom is 0.127 e. The molecule has 0 unspecified atom stereocenters. The average Bonchev–Trinajstić information content (AvgIpc) is 2.33. The molecule has 12 heavy (non-hydrogen) atoms. The zero-order valence-corrected chi connectivity index (χ0v) is 8.96. The third-order valence-corrected chi connectivity index (χ3v) is 2.70. The summed E-state index contributed by atoms with van der Waals surface area (Å²) in [5.74, 6) is 0.989. The van der Waals surface area contributed by atoms with Gasteiger partial charge in [-0.15, -0.1) is 0 Å². The lowest BCUT2D eigenvalue weighted by Crippen LogP contribution is -2.10. The molecule has 3 heteroatoms. The number of fused-ring (bicyclic) bond motifs is 1. The van der Waals surface area contributed by atoms with E-state index in [9.17, 15) is 0 Å². The van der Waals surface area contributed by atoms with Crippen molar-refractivity contribution in [3.8, 4) is 5.75 Å². The van der Waals surface area contributed by atoms with Gasteiger partial charge in [-0.2, -0.15) is 0 Å². The van der Waals surface area contributed by atoms with E-state index in [1.807, 2.05) is 0 Å². The summed E-state index contributed by atoms with van der Waals surface area (Å²) in [6.07, 6.45) is 0. The highest BCUT2D eigenvalue weighted by atomic mass is 127. The normalized spacial score (nSPS) is 20.4. The van der Waals surface area contributed by atoms with Gasteiger partial charge in [0.1, 0.15) is 12.4 Å². The van der Waals surface area contributed by atoms with Crippen molar-refractivity contribution >= 4 is 22.6 Å². The molecule has 0 amide bonds. The van der Waals surface area contributed by atoms with Crippen LogP contribution in [-0.2, 0) is 0 Å². The van der Waals surface area contributed by atoms with Crippen molar-refractivity contribution in [2.45, 2.75) is 13.0 Å². The predicted molar refractivity (Wildman–Crippen MR) is 56.3 cm³/mol. The standard InChI is InChI=1S/C9H10INO/c1-5-2-6(10)3-7-8(11)4-12-9(5)7/h2-3,8H,4,11H2,1H3/t8-/m0/s1. The maximum atomic E-state index is 5.86. The molecule has 1 aromatic carbocycles. The van der Waals surface area contributed by atoms with Gasteiger partial charge in [0.15, 0.2) is 0 Å². The van der Waals surface area contributed by atoms with Crippen LogP contribution in [0.15, 0.2) is 12.1 Å². The summed E-state index contributed by atoms with van der Waals surface area (Å²) in [5, 5.41) is 0. The van der Waals surface area contributed by atoms with Gasteiger partial charge < -0.3 is 10.5 Å². The zero-order chi connectivity index (χ0) is 8.72. The Labute approximate surface area is 85.2 Å². The number of benzene rings is 1. The molecule has 0 bridgehead atoms. The Morgan fingerprint density at radius 1 is 1.58 bits per heavy atom. The zero-order valence-electron chi connectivity index (χ0n) is 6.80. The van der Waals surface area contributed by atoms with Gasteiger partial charge in [0.2, 0.25) is 0 Å². The highest BCUT2D eigenvalue weighted by Crippen LogP contribution is 2.35. The van der Waals surface area contributed by atoms with Crippen LogP contribution in [0.3, 0.4) is 0 Å². The molecule has 0 spiro atoms. The quantitative estimate of drug-likeness (QED) is 0.735. The van der Waals surface area contributed by atoms with Gasteiger partial charge in [-0.05, 0) is 47.2 Å². The maximum absolute atomic E-state index is 5.86. The molecular weight excluding hydrogens is 265 g/mol. The van der Waals surface area contributed by atoms with E-state index >= 15 is 0 Å². The number of ether oxygens (including phenoxy) is 1. The molecule has 1 heterocycles. The summed E-state index contributed by atoms with van der Waals surface area (Å²) in [6.45, 7) is 2.68. The molecule has 0 saturated carbocycles. The predicted octanol–water partition coefficient (Wildman–Crippen LogP) is 1.99. The van der Waals surface area contributed by atoms with Crippen molar-refractivity contribution in [1.29, 1.82) is 0 Å². The molecule has 1 aliphatic heterocycles. The van der Waals surface area contributed by atoms with E-state index in [0.29, 0.717) is 6.61 Å². The minimum atomic E-state index is 0.0633. The van der Waals surface area contributed by atoms with Gasteiger partial charge in [-0.25, -0.2) is 0 Å². The van der Waals surface area contributed by atoms with E-state index < -0.39 is 0 Å². The Morgan fingerprint density at radius 3 is 3.08 bits per heavy atom. The van der Waals surface area contributed by atoms with Crippen molar-refractivity contribution in [3.63, 3.8) is 0 Å². The Bertz CT molecular complexity index is 325. The Morgan fingerprint density at radius 2 is 2.33 bits per heavy atom. The fourth-order valence-corrected chi connectivity index (χ4v) is 2.29. The fourth-order valence-electron chi connectivity index (χ4n) is 1.49. The second-order valence-electron chi connectivity index (χ2n) is 3.06. The van der Waals surface area contributed by atoms with Crippen LogP contribution in [0.25, 0.3) is 0 Å². The van der Waals surface area contributed by atoms with Crippen LogP contribution in [-0.4, -0.2) is 6.61 Å². The summed E-state index contributed by atoms with van der Waals surface area (Å²) < 4.78 is 6.69. The van der Waals surface area contributed by atoms with Crippen LogP contribution in [0.5, 0.6) is 5.75 Å². The van der Waals surface area contributed by atoms with Gasteiger partial charge in [-0.1, -0.05) is 0 Å². The van der Waals surface area contributed by atoms with Crippen LogP contribution < -0.4 is 10.5 Å². The van der Waals surface area contributed by atoms with Crippen LogP contribution in [0.2, 0.25) is 0 Å². The van der Waals surface area contributed by atoms with E-state index in [-0.39, 0.29) is 6.04 Å². The summed E-state index contributed by atoms with van der Waals surface area (Å²) in [6, 6.07) is 4.27. The summed E-state index contributed by atoms with van der Waals surface area (Å²) in [5.41, 5.74) is 8.19. The first-order valence-electron chi connectivity index (χ1n) is 3.87. The van der Waals surface area contributed by atoms with Crippen LogP contribution >= 0.6 is 22.6 Å². The molecule has 0 aromatic heterocycles. The number of hydrogen-bond donors (Lipinski definition) is 1. The number of halogens is 1. The van der Waals surface area contributed by atoms with Gasteiger partial charge in [-0.3, -0.25) is 0 Å². The molecule has 2 nitrogen and oxygen atoms in total. The number of hydrogen-bond acceptors (Lipinski definition) is 2. The van der Waals surface area contributed by atoms with Crippen LogP contribution in [0, 0.1) is 10.5 Å². The minimum Gasteiger partial charge on any atom is -0.491 e. The molecule has 0 aliphatic carbocycles. The van der Waals surface area contributed by atoms with Crippen LogP contribution in [0.4, 0.5) is 0 Å². The van der Waals surface area contributed by atoms with Crippen molar-refractivity contribution in [3.05, 3.63) is 26.8 Å². The molecule has 0 radical (unpaired) electrons. The third kappa shape index (κ3) is 1.21. The van der Waals surface area contributed by atoms with Gasteiger partial charge in [0.05, 0.1) is 6.04 Å². The second kappa shape index (κ2) is 2.88. The number of rotatable bonds is 0. The van der Waals surface area contributed by atoms with Crippen molar-refractivity contribution in [1.82, 2.24) is 0 Å². The van der Waals surface area contributed by atoms with Crippen LogP contribution in [0.1, 0.15) is 17.2 Å². The summed E-state index contributed by atoms with van der Waals surface area (Å²) in [4.78, 5) is 0. The molecule has 64 valence electrons. The molecular formula is C9H10INO. The first-order valence-corrected chi connectivity index (χ1v) is 4.95. The monoisotopic (exact) mass is 275 g/mol. The Balaban J connectivity index is 2.60. The molecule has 0 fully saturated rings. The van der Waals surface area contributed by atoms with Gasteiger partial charge in [0.25, 0.3) is 0 Å². The number of aryl methyl sites for hydroxylation is 1. The van der Waals surface area contributed by atoms with E-state index in [1.54, 1.807) is 0 Å². The van der Waals surface area contributed by atoms with E-state index in [4.69, 9.17) is 10.5 Å². The first-order chi connectivity index (χ1) is 5.68. The van der Waals surface area contributed by atoms with E-state index in [0.717, 1.165) is 11.3 Å². The molecule has 2 N–H and O–H groups in total. The highest BCUT2D eigenvalue weighted by molar-refractivity contribution is 14.1. The van der Waals surface area contributed by atoms with Crippen molar-refractivity contribution < 1.29 is 4.74 Å². The molecule has 1 aromatic rings. The molecule has 2 rings (SSSR count). The largest absolute Gasteiger partial charge is 0.491 e. The smallest absolute Gasteiger partial charge is 0.127 e. The minimum absolute atomic E-state index is 0.0633. The molecule has 1 aliphatic rings. The van der Waals surface area contributed by atoms with Gasteiger partial charge >= 0.3 is 0 Å². The van der Waals surface area contributed by atoms with Crippen molar-refractivity contribution in [2.75, 3.05) is 6.61 Å². The molecule has 0 saturated heterocycles. The average molecular weight is 275 g/mol. The van der Waals surface area contributed by atoms with Gasteiger partial charge in [0, 0.05) is 9.13 Å². The highest BCUT2D eigenvalue weighted by Gasteiger charge is 2.22. The summed E-state index contributed by atoms with van der Waals surface area (Å²) in [7, 11) is 0. The topological polar surface area (TPSA) is 35.2 Å². The third-order valence-electron chi connectivity index (χ3n) is 2.07. The number of nitrogens with two attached hydrogens (primary N) is 1. The molecule has 1 atom stereocenters.